The van der Waals surface area contributed by atoms with Gasteiger partial charge in [0.05, 0.1) is 16.6 Å². The number of nitrogens with two attached hydrogens (primary N) is 1. The average molecular weight is 215 g/mol. The molecule has 2 aromatic rings. The van der Waals surface area contributed by atoms with E-state index in [4.69, 9.17) is 11.0 Å². The molecule has 0 aliphatic carbocycles. The van der Waals surface area contributed by atoms with Gasteiger partial charge in [-0.2, -0.15) is 5.26 Å². The van der Waals surface area contributed by atoms with Gasteiger partial charge in [0, 0.05) is 5.56 Å². The molecule has 0 amide bonds. The Bertz CT molecular complexity index is 537. The normalized spacial score (nSPS) is 9.87. The lowest BCUT2D eigenvalue weighted by molar-refractivity contribution is 1.30. The summed E-state index contributed by atoms with van der Waals surface area (Å²) in [4.78, 5) is 4.34. The molecule has 3 nitrogen and oxygen atoms in total. The van der Waals surface area contributed by atoms with Crippen LogP contribution in [0.15, 0.2) is 24.3 Å². The first-order chi connectivity index (χ1) is 7.20. The van der Waals surface area contributed by atoms with Crippen molar-refractivity contribution in [2.75, 3.05) is 5.73 Å². The van der Waals surface area contributed by atoms with Crippen LogP contribution in [0.4, 0.5) is 5.00 Å². The maximum Gasteiger partial charge on any atom is 0.114 e. The van der Waals surface area contributed by atoms with Gasteiger partial charge in [-0.25, -0.2) is 4.98 Å². The molecular weight excluding hydrogens is 206 g/mol. The monoisotopic (exact) mass is 215 g/mol. The number of hydrogen-bond donors (Lipinski definition) is 1. The Kier molecular flexibility index (Phi) is 2.40. The van der Waals surface area contributed by atoms with Gasteiger partial charge >= 0.3 is 0 Å². The first kappa shape index (κ1) is 9.69. The second-order valence-corrected chi connectivity index (χ2v) is 4.37. The molecule has 0 spiro atoms. The fraction of sp³-hybridized carbons (Fsp3) is 0.0909. The van der Waals surface area contributed by atoms with E-state index < -0.39 is 0 Å². The highest BCUT2D eigenvalue weighted by atomic mass is 32.1. The van der Waals surface area contributed by atoms with Crippen LogP contribution in [0, 0.1) is 18.3 Å². The number of aromatic nitrogens is 1. The highest BCUT2D eigenvalue weighted by Crippen LogP contribution is 2.30. The van der Waals surface area contributed by atoms with Gasteiger partial charge in [-0.05, 0) is 19.1 Å². The summed E-state index contributed by atoms with van der Waals surface area (Å²) < 4.78 is 0. The van der Waals surface area contributed by atoms with Crippen molar-refractivity contribution < 1.29 is 0 Å². The van der Waals surface area contributed by atoms with Crippen molar-refractivity contribution in [2.24, 2.45) is 0 Å². The lowest BCUT2D eigenvalue weighted by atomic mass is 10.1. The molecule has 15 heavy (non-hydrogen) atoms. The largest absolute Gasteiger partial charge is 0.389 e. The highest BCUT2D eigenvalue weighted by molar-refractivity contribution is 7.16. The fourth-order valence-electron chi connectivity index (χ4n) is 1.39. The first-order valence-corrected chi connectivity index (χ1v) is 5.26. The molecule has 0 fully saturated rings. The highest BCUT2D eigenvalue weighted by Gasteiger charge is 2.08. The lowest BCUT2D eigenvalue weighted by Gasteiger charge is -1.98. The first-order valence-electron chi connectivity index (χ1n) is 4.44. The lowest BCUT2D eigenvalue weighted by Crippen LogP contribution is -1.86. The third kappa shape index (κ3) is 1.83. The van der Waals surface area contributed by atoms with Crippen LogP contribution in [0.25, 0.3) is 11.3 Å². The summed E-state index contributed by atoms with van der Waals surface area (Å²) >= 11 is 1.46. The molecule has 0 bridgehead atoms. The zero-order valence-corrected chi connectivity index (χ0v) is 9.01. The molecule has 2 rings (SSSR count). The standard InChI is InChI=1S/C11H9N3S/c1-7-14-10(11(13)15-7)9-4-2-3-8(5-9)6-12/h2-5H,13H2,1H3. The molecule has 0 saturated carbocycles. The summed E-state index contributed by atoms with van der Waals surface area (Å²) in [6, 6.07) is 9.40. The van der Waals surface area contributed by atoms with Crippen LogP contribution in [0.5, 0.6) is 0 Å². The number of aryl methyl sites for hydroxylation is 1. The van der Waals surface area contributed by atoms with E-state index in [1.165, 1.54) is 11.3 Å². The van der Waals surface area contributed by atoms with Crippen LogP contribution in [0.3, 0.4) is 0 Å². The topological polar surface area (TPSA) is 62.7 Å². The van der Waals surface area contributed by atoms with Gasteiger partial charge in [0.1, 0.15) is 10.7 Å². The molecule has 0 aliphatic rings. The van der Waals surface area contributed by atoms with Crippen LogP contribution >= 0.6 is 11.3 Å². The Morgan fingerprint density at radius 3 is 2.87 bits per heavy atom. The van der Waals surface area contributed by atoms with E-state index in [1.807, 2.05) is 19.1 Å². The van der Waals surface area contributed by atoms with Gasteiger partial charge < -0.3 is 5.73 Å². The number of benzene rings is 1. The van der Waals surface area contributed by atoms with Crippen LogP contribution in [0.2, 0.25) is 0 Å². The number of thiazole rings is 1. The zero-order valence-electron chi connectivity index (χ0n) is 8.19. The molecule has 0 saturated heterocycles. The quantitative estimate of drug-likeness (QED) is 0.795. The van der Waals surface area contributed by atoms with Crippen molar-refractivity contribution in [1.82, 2.24) is 4.98 Å². The molecule has 0 aliphatic heterocycles. The minimum Gasteiger partial charge on any atom is -0.389 e. The Hall–Kier alpha value is -1.86. The molecule has 0 atom stereocenters. The SMILES string of the molecule is Cc1nc(-c2cccc(C#N)c2)c(N)s1. The number of anilines is 1. The maximum atomic E-state index is 8.78. The summed E-state index contributed by atoms with van der Waals surface area (Å²) in [5.41, 5.74) is 8.13. The van der Waals surface area contributed by atoms with E-state index in [9.17, 15) is 0 Å². The Labute approximate surface area is 91.8 Å². The smallest absolute Gasteiger partial charge is 0.114 e. The van der Waals surface area contributed by atoms with E-state index in [0.717, 1.165) is 16.3 Å². The van der Waals surface area contributed by atoms with Gasteiger partial charge in [-0.1, -0.05) is 12.1 Å². The predicted octanol–water partition coefficient (Wildman–Crippen LogP) is 2.57. The second kappa shape index (κ2) is 3.71. The van der Waals surface area contributed by atoms with E-state index in [-0.39, 0.29) is 0 Å². The average Bonchev–Trinajstić information content (AvgIpc) is 2.58. The number of hydrogen-bond acceptors (Lipinski definition) is 4. The number of nitriles is 1. The van der Waals surface area contributed by atoms with Crippen LogP contribution in [0.1, 0.15) is 10.6 Å². The third-order valence-corrected chi connectivity index (χ3v) is 2.83. The van der Waals surface area contributed by atoms with Crippen LogP contribution in [-0.2, 0) is 0 Å². The summed E-state index contributed by atoms with van der Waals surface area (Å²) in [5.74, 6) is 0. The van der Waals surface area contributed by atoms with Crippen molar-refractivity contribution in [3.63, 3.8) is 0 Å². The molecule has 1 heterocycles. The Morgan fingerprint density at radius 1 is 1.47 bits per heavy atom. The van der Waals surface area contributed by atoms with Gasteiger partial charge in [-0.3, -0.25) is 0 Å². The summed E-state index contributed by atoms with van der Waals surface area (Å²) in [7, 11) is 0. The van der Waals surface area contributed by atoms with E-state index >= 15 is 0 Å². The maximum absolute atomic E-state index is 8.78. The second-order valence-electron chi connectivity index (χ2n) is 3.14. The zero-order chi connectivity index (χ0) is 10.8. The van der Waals surface area contributed by atoms with Crippen molar-refractivity contribution in [2.45, 2.75) is 6.92 Å². The van der Waals surface area contributed by atoms with E-state index in [1.54, 1.807) is 12.1 Å². The van der Waals surface area contributed by atoms with Gasteiger partial charge in [0.2, 0.25) is 0 Å². The minimum absolute atomic E-state index is 0.623. The van der Waals surface area contributed by atoms with Gasteiger partial charge in [0.25, 0.3) is 0 Å². The molecule has 4 heteroatoms. The molecule has 0 unspecified atom stereocenters. The van der Waals surface area contributed by atoms with Crippen LogP contribution in [-0.4, -0.2) is 4.98 Å². The summed E-state index contributed by atoms with van der Waals surface area (Å²) in [6.07, 6.45) is 0. The number of rotatable bonds is 1. The van der Waals surface area contributed by atoms with Crippen molar-refractivity contribution >= 4 is 16.3 Å². The molecule has 0 radical (unpaired) electrons. The van der Waals surface area contributed by atoms with Gasteiger partial charge in [0.15, 0.2) is 0 Å². The molecule has 1 aromatic carbocycles. The van der Waals surface area contributed by atoms with Crippen molar-refractivity contribution in [3.05, 3.63) is 34.8 Å². The van der Waals surface area contributed by atoms with Crippen LogP contribution < -0.4 is 5.73 Å². The van der Waals surface area contributed by atoms with E-state index in [0.29, 0.717) is 10.6 Å². The molecule has 1 aromatic heterocycles. The Balaban J connectivity index is 2.55. The summed E-state index contributed by atoms with van der Waals surface area (Å²) in [6.45, 7) is 1.92. The summed E-state index contributed by atoms with van der Waals surface area (Å²) in [5, 5.41) is 10.4. The van der Waals surface area contributed by atoms with Crippen molar-refractivity contribution in [3.8, 4) is 17.3 Å². The third-order valence-electron chi connectivity index (χ3n) is 2.03. The fourth-order valence-corrected chi connectivity index (χ4v) is 2.10. The van der Waals surface area contributed by atoms with Gasteiger partial charge in [-0.15, -0.1) is 11.3 Å². The Morgan fingerprint density at radius 2 is 2.27 bits per heavy atom. The van der Waals surface area contributed by atoms with E-state index in [2.05, 4.69) is 11.1 Å². The molecular formula is C11H9N3S. The number of nitrogen functional groups attached to an aromatic ring is 1. The predicted molar refractivity (Wildman–Crippen MR) is 61.4 cm³/mol. The molecule has 74 valence electrons. The molecule has 2 N–H and O–H groups in total. The van der Waals surface area contributed by atoms with Crippen molar-refractivity contribution in [1.29, 1.82) is 5.26 Å². The number of nitrogens with zero attached hydrogens (tertiary/aromatic N) is 2. The minimum atomic E-state index is 0.623.